The summed E-state index contributed by atoms with van der Waals surface area (Å²) < 4.78 is 44.8. The maximum Gasteiger partial charge on any atom is 0.409 e. The number of benzene rings is 2. The molecule has 4 rings (SSSR count). The zero-order valence-corrected chi connectivity index (χ0v) is 20.3. The molecule has 0 saturated heterocycles. The van der Waals surface area contributed by atoms with Gasteiger partial charge >= 0.3 is 6.18 Å². The third kappa shape index (κ3) is 5.02. The van der Waals surface area contributed by atoms with Crippen molar-refractivity contribution in [3.63, 3.8) is 0 Å². The van der Waals surface area contributed by atoms with Gasteiger partial charge < -0.3 is 0 Å². The van der Waals surface area contributed by atoms with E-state index in [0.29, 0.717) is 47.2 Å². The Balaban J connectivity index is 1.56. The highest BCUT2D eigenvalue weighted by molar-refractivity contribution is 7.99. The number of aromatic nitrogens is 1. The SMILES string of the molecule is Cc1cc(C2=NSC(c3cc(Cl)cc(Cl)c3)(C(F)(F)F)C2)ccc1C(=O)CCc1ccccn1. The lowest BCUT2D eigenvalue weighted by Gasteiger charge is -2.30. The minimum absolute atomic E-state index is 0.0423. The normalized spacial score (nSPS) is 18.1. The summed E-state index contributed by atoms with van der Waals surface area (Å²) in [6, 6.07) is 14.5. The van der Waals surface area contributed by atoms with E-state index in [-0.39, 0.29) is 27.8 Å². The number of hydrogen-bond acceptors (Lipinski definition) is 4. The second kappa shape index (κ2) is 9.72. The third-order valence-electron chi connectivity index (χ3n) is 5.71. The van der Waals surface area contributed by atoms with Crippen LogP contribution in [0.25, 0.3) is 0 Å². The van der Waals surface area contributed by atoms with Gasteiger partial charge in [-0.15, -0.1) is 0 Å². The molecule has 0 amide bonds. The van der Waals surface area contributed by atoms with Crippen LogP contribution in [0.1, 0.15) is 45.6 Å². The predicted octanol–water partition coefficient (Wildman–Crippen LogP) is 7.81. The van der Waals surface area contributed by atoms with Crippen LogP contribution < -0.4 is 0 Å². The molecule has 1 aromatic heterocycles. The van der Waals surface area contributed by atoms with E-state index in [0.717, 1.165) is 5.69 Å². The van der Waals surface area contributed by atoms with E-state index in [1.165, 1.54) is 18.2 Å². The van der Waals surface area contributed by atoms with Gasteiger partial charge in [0.25, 0.3) is 0 Å². The van der Waals surface area contributed by atoms with Crippen LogP contribution in [0.4, 0.5) is 13.2 Å². The van der Waals surface area contributed by atoms with Gasteiger partial charge in [-0.1, -0.05) is 41.4 Å². The van der Waals surface area contributed by atoms with Gasteiger partial charge in [0.15, 0.2) is 10.5 Å². The van der Waals surface area contributed by atoms with Gasteiger partial charge in [0, 0.05) is 40.3 Å². The molecule has 0 bridgehead atoms. The number of nitrogens with zero attached hydrogens (tertiary/aromatic N) is 2. The smallest absolute Gasteiger partial charge is 0.294 e. The summed E-state index contributed by atoms with van der Waals surface area (Å²) in [4.78, 5) is 16.9. The summed E-state index contributed by atoms with van der Waals surface area (Å²) >= 11 is 12.4. The predicted molar refractivity (Wildman–Crippen MR) is 131 cm³/mol. The maximum atomic E-state index is 14.3. The van der Waals surface area contributed by atoms with E-state index in [1.54, 1.807) is 31.3 Å². The number of Topliss-reactive ketones (excluding diaryl/α,β-unsaturated/α-hetero) is 1. The fourth-order valence-electron chi connectivity index (χ4n) is 3.92. The van der Waals surface area contributed by atoms with E-state index < -0.39 is 10.9 Å². The first-order chi connectivity index (χ1) is 16.1. The summed E-state index contributed by atoms with van der Waals surface area (Å²) in [7, 11) is 0. The number of carbonyl (C=O) groups excluding carboxylic acids is 1. The van der Waals surface area contributed by atoms with Crippen molar-refractivity contribution in [1.29, 1.82) is 0 Å². The van der Waals surface area contributed by atoms with Crippen molar-refractivity contribution in [1.82, 2.24) is 4.98 Å². The molecule has 3 nitrogen and oxygen atoms in total. The van der Waals surface area contributed by atoms with Crippen molar-refractivity contribution < 1.29 is 18.0 Å². The van der Waals surface area contributed by atoms with Gasteiger partial charge in [0.05, 0.1) is 5.71 Å². The van der Waals surface area contributed by atoms with E-state index in [9.17, 15) is 18.0 Å². The molecule has 0 spiro atoms. The standard InChI is InChI=1S/C25H19Cl2F3N2OS/c1-15-10-16(5-7-21(15)23(33)8-6-20-4-2-3-9-31-20)22-14-24(34-32-22,25(28,29)30)17-11-18(26)13-19(27)12-17/h2-5,7,9-13H,6,8,14H2,1H3. The molecular weight excluding hydrogens is 504 g/mol. The highest BCUT2D eigenvalue weighted by Crippen LogP contribution is 2.57. The van der Waals surface area contributed by atoms with Crippen molar-refractivity contribution in [2.45, 2.75) is 37.1 Å². The molecule has 2 aromatic carbocycles. The molecule has 1 aliphatic heterocycles. The Labute approximate surface area is 209 Å². The van der Waals surface area contributed by atoms with Crippen LogP contribution in [-0.2, 0) is 11.2 Å². The zero-order chi connectivity index (χ0) is 24.5. The Hall–Kier alpha value is -2.35. The molecule has 0 fully saturated rings. The summed E-state index contributed by atoms with van der Waals surface area (Å²) in [5.41, 5.74) is 2.85. The largest absolute Gasteiger partial charge is 0.409 e. The second-order valence-electron chi connectivity index (χ2n) is 8.06. The van der Waals surface area contributed by atoms with Crippen LogP contribution in [0.3, 0.4) is 0 Å². The number of ketones is 1. The number of halogens is 5. The van der Waals surface area contributed by atoms with Gasteiger partial charge in [-0.2, -0.15) is 13.2 Å². The summed E-state index contributed by atoms with van der Waals surface area (Å²) in [6.07, 6.45) is -2.47. The minimum atomic E-state index is -4.59. The number of hydrogen-bond donors (Lipinski definition) is 0. The zero-order valence-electron chi connectivity index (χ0n) is 18.0. The Bertz CT molecular complexity index is 1240. The van der Waals surface area contributed by atoms with Crippen molar-refractivity contribution in [2.24, 2.45) is 4.40 Å². The molecule has 3 aromatic rings. The molecule has 9 heteroatoms. The van der Waals surface area contributed by atoms with Crippen LogP contribution in [0.2, 0.25) is 10.0 Å². The lowest BCUT2D eigenvalue weighted by molar-refractivity contribution is -0.159. The lowest BCUT2D eigenvalue weighted by atomic mass is 9.88. The van der Waals surface area contributed by atoms with Gasteiger partial charge in [-0.3, -0.25) is 9.78 Å². The quantitative estimate of drug-likeness (QED) is 0.245. The monoisotopic (exact) mass is 522 g/mol. The Morgan fingerprint density at radius 1 is 1.09 bits per heavy atom. The molecule has 0 saturated carbocycles. The number of alkyl halides is 3. The van der Waals surface area contributed by atoms with Crippen LogP contribution in [0.15, 0.2) is 65.2 Å². The molecule has 1 aliphatic rings. The average Bonchev–Trinajstić information content (AvgIpc) is 3.25. The first-order valence-electron chi connectivity index (χ1n) is 10.4. The Morgan fingerprint density at radius 2 is 1.82 bits per heavy atom. The Morgan fingerprint density at radius 3 is 2.44 bits per heavy atom. The van der Waals surface area contributed by atoms with Gasteiger partial charge in [0.1, 0.15) is 0 Å². The molecule has 0 N–H and O–H groups in total. The van der Waals surface area contributed by atoms with Crippen molar-refractivity contribution in [3.05, 3.63) is 98.8 Å². The highest BCUT2D eigenvalue weighted by Gasteiger charge is 2.60. The van der Waals surface area contributed by atoms with E-state index >= 15 is 0 Å². The molecule has 0 radical (unpaired) electrons. The second-order valence-corrected chi connectivity index (χ2v) is 10.00. The molecule has 176 valence electrons. The number of rotatable bonds is 6. The Kier molecular flexibility index (Phi) is 7.08. The van der Waals surface area contributed by atoms with E-state index in [1.807, 2.05) is 18.2 Å². The first-order valence-corrected chi connectivity index (χ1v) is 11.9. The molecule has 0 aliphatic carbocycles. The minimum Gasteiger partial charge on any atom is -0.294 e. The highest BCUT2D eigenvalue weighted by atomic mass is 35.5. The maximum absolute atomic E-state index is 14.3. The van der Waals surface area contributed by atoms with Crippen LogP contribution in [0, 0.1) is 6.92 Å². The van der Waals surface area contributed by atoms with Crippen LogP contribution in [0.5, 0.6) is 0 Å². The fourth-order valence-corrected chi connectivity index (χ4v) is 5.41. The van der Waals surface area contributed by atoms with Gasteiger partial charge in [-0.05, 0) is 78.4 Å². The number of aryl methyl sites for hydroxylation is 2. The van der Waals surface area contributed by atoms with Crippen molar-refractivity contribution >= 4 is 46.6 Å². The van der Waals surface area contributed by atoms with Crippen LogP contribution >= 0.6 is 35.1 Å². The number of carbonyl (C=O) groups is 1. The third-order valence-corrected chi connectivity index (χ3v) is 7.38. The molecule has 1 atom stereocenters. The molecule has 2 heterocycles. The van der Waals surface area contributed by atoms with E-state index in [2.05, 4.69) is 9.38 Å². The summed E-state index contributed by atoms with van der Waals surface area (Å²) in [6.45, 7) is 1.77. The van der Waals surface area contributed by atoms with Gasteiger partial charge in [-0.25, -0.2) is 4.40 Å². The fraction of sp³-hybridized carbons (Fsp3) is 0.240. The molecule has 1 unspecified atom stereocenters. The van der Waals surface area contributed by atoms with Crippen molar-refractivity contribution in [3.8, 4) is 0 Å². The summed E-state index contributed by atoms with van der Waals surface area (Å²) in [5.74, 6) is -0.0457. The van der Waals surface area contributed by atoms with Crippen LogP contribution in [-0.4, -0.2) is 22.7 Å². The van der Waals surface area contributed by atoms with E-state index in [4.69, 9.17) is 23.2 Å². The number of pyridine rings is 1. The van der Waals surface area contributed by atoms with Crippen molar-refractivity contribution in [2.75, 3.05) is 0 Å². The molecule has 34 heavy (non-hydrogen) atoms. The lowest BCUT2D eigenvalue weighted by Crippen LogP contribution is -2.38. The average molecular weight is 523 g/mol. The molecular formula is C25H19Cl2F3N2OS. The first kappa shape index (κ1) is 24.8. The topological polar surface area (TPSA) is 42.3 Å². The summed E-state index contributed by atoms with van der Waals surface area (Å²) in [5, 5.41) is 0.258. The van der Waals surface area contributed by atoms with Gasteiger partial charge in [0.2, 0.25) is 0 Å².